The molecule has 0 atom stereocenters. The average Bonchev–Trinajstić information content (AvgIpc) is 2.18. The number of nitrogens with zero attached hydrogens (tertiary/aromatic N) is 1. The van der Waals surface area contributed by atoms with Crippen molar-refractivity contribution in [3.8, 4) is 6.07 Å². The van der Waals surface area contributed by atoms with Crippen molar-refractivity contribution in [2.45, 2.75) is 32.0 Å². The number of rotatable bonds is 3. The fourth-order valence-electron chi connectivity index (χ4n) is 1.48. The third-order valence-electron chi connectivity index (χ3n) is 2.71. The summed E-state index contributed by atoms with van der Waals surface area (Å²) in [5.41, 5.74) is 0.876. The summed E-state index contributed by atoms with van der Waals surface area (Å²) < 4.78 is 18.9. The normalized spacial score (nSPS) is 15.7. The fourth-order valence-corrected chi connectivity index (χ4v) is 1.48. The minimum atomic E-state index is -0.353. The van der Waals surface area contributed by atoms with Gasteiger partial charge in [-0.15, -0.1) is 0 Å². The van der Waals surface area contributed by atoms with Gasteiger partial charge >= 0.3 is 0 Å². The smallest absolute Gasteiger partial charge is 0.130 e. The Balaban J connectivity index is 1.98. The highest BCUT2D eigenvalue weighted by Gasteiger charge is 2.18. The topological polar surface area (TPSA) is 33.0 Å². The summed E-state index contributed by atoms with van der Waals surface area (Å²) in [4.78, 5) is 0. The van der Waals surface area contributed by atoms with Crippen LogP contribution in [-0.2, 0) is 11.3 Å². The standard InChI is InChI=1S/C12H12FNO/c13-12-6-9(7-14)4-5-10(12)8-15-11-2-1-3-11/h4-6,11H,1-3,8H2. The molecule has 15 heavy (non-hydrogen) atoms. The van der Waals surface area contributed by atoms with Crippen LogP contribution in [0.25, 0.3) is 0 Å². The minimum Gasteiger partial charge on any atom is -0.373 e. The number of hydrogen-bond acceptors (Lipinski definition) is 2. The van der Waals surface area contributed by atoms with Crippen LogP contribution in [0.3, 0.4) is 0 Å². The molecule has 0 unspecified atom stereocenters. The first-order valence-electron chi connectivity index (χ1n) is 5.10. The second-order valence-corrected chi connectivity index (χ2v) is 3.78. The van der Waals surface area contributed by atoms with Gasteiger partial charge in [0.2, 0.25) is 0 Å². The fraction of sp³-hybridized carbons (Fsp3) is 0.417. The highest BCUT2D eigenvalue weighted by Crippen LogP contribution is 2.23. The van der Waals surface area contributed by atoms with E-state index in [9.17, 15) is 4.39 Å². The molecular formula is C12H12FNO. The number of benzene rings is 1. The van der Waals surface area contributed by atoms with Gasteiger partial charge in [-0.25, -0.2) is 4.39 Å². The lowest BCUT2D eigenvalue weighted by molar-refractivity contribution is -0.00975. The molecule has 0 aromatic heterocycles. The first-order valence-corrected chi connectivity index (χ1v) is 5.10. The molecule has 0 aliphatic heterocycles. The van der Waals surface area contributed by atoms with Crippen LogP contribution in [0, 0.1) is 17.1 Å². The molecule has 0 spiro atoms. The van der Waals surface area contributed by atoms with E-state index in [1.54, 1.807) is 12.1 Å². The van der Waals surface area contributed by atoms with Crippen LogP contribution in [0.5, 0.6) is 0 Å². The Morgan fingerprint density at radius 2 is 2.27 bits per heavy atom. The Kier molecular flexibility index (Phi) is 2.98. The molecule has 1 aliphatic carbocycles. The molecule has 0 heterocycles. The Morgan fingerprint density at radius 1 is 1.47 bits per heavy atom. The van der Waals surface area contributed by atoms with Gasteiger partial charge in [0.15, 0.2) is 0 Å². The average molecular weight is 205 g/mol. The maximum absolute atomic E-state index is 13.4. The summed E-state index contributed by atoms with van der Waals surface area (Å²) in [6.45, 7) is 0.308. The van der Waals surface area contributed by atoms with Crippen molar-refractivity contribution in [2.24, 2.45) is 0 Å². The second kappa shape index (κ2) is 4.41. The van der Waals surface area contributed by atoms with Crippen LogP contribution >= 0.6 is 0 Å². The predicted octanol–water partition coefficient (Wildman–Crippen LogP) is 2.77. The molecule has 2 rings (SSSR count). The summed E-state index contributed by atoms with van der Waals surface area (Å²) in [7, 11) is 0. The number of nitriles is 1. The first-order chi connectivity index (χ1) is 7.29. The maximum atomic E-state index is 13.4. The predicted molar refractivity (Wildman–Crippen MR) is 53.5 cm³/mol. The highest BCUT2D eigenvalue weighted by atomic mass is 19.1. The Bertz CT molecular complexity index is 393. The molecule has 1 fully saturated rings. The van der Waals surface area contributed by atoms with Gasteiger partial charge in [0.05, 0.1) is 24.3 Å². The van der Waals surface area contributed by atoms with E-state index in [2.05, 4.69) is 0 Å². The number of ether oxygens (including phenoxy) is 1. The lowest BCUT2D eigenvalue weighted by atomic mass is 9.96. The van der Waals surface area contributed by atoms with Crippen molar-refractivity contribution in [1.82, 2.24) is 0 Å². The molecule has 3 heteroatoms. The molecular weight excluding hydrogens is 193 g/mol. The second-order valence-electron chi connectivity index (χ2n) is 3.78. The maximum Gasteiger partial charge on any atom is 0.130 e. The Morgan fingerprint density at radius 3 is 2.80 bits per heavy atom. The lowest BCUT2D eigenvalue weighted by Gasteiger charge is -2.25. The van der Waals surface area contributed by atoms with Crippen LogP contribution < -0.4 is 0 Å². The highest BCUT2D eigenvalue weighted by molar-refractivity contribution is 5.32. The summed E-state index contributed by atoms with van der Waals surface area (Å²) >= 11 is 0. The molecule has 0 saturated heterocycles. The van der Waals surface area contributed by atoms with Gasteiger partial charge < -0.3 is 4.74 Å². The van der Waals surface area contributed by atoms with E-state index in [1.165, 1.54) is 12.5 Å². The van der Waals surface area contributed by atoms with Crippen molar-refractivity contribution in [2.75, 3.05) is 0 Å². The zero-order valence-electron chi connectivity index (χ0n) is 8.37. The van der Waals surface area contributed by atoms with E-state index in [0.29, 0.717) is 23.8 Å². The summed E-state index contributed by atoms with van der Waals surface area (Å²) in [5.74, 6) is -0.353. The Labute approximate surface area is 88.3 Å². The third-order valence-corrected chi connectivity index (χ3v) is 2.71. The van der Waals surface area contributed by atoms with Crippen molar-refractivity contribution in [3.05, 3.63) is 35.1 Å². The number of halogens is 1. The summed E-state index contributed by atoms with van der Waals surface area (Å²) in [6.07, 6.45) is 3.68. The molecule has 0 bridgehead atoms. The third kappa shape index (κ3) is 2.34. The van der Waals surface area contributed by atoms with E-state index < -0.39 is 0 Å². The van der Waals surface area contributed by atoms with E-state index in [-0.39, 0.29) is 5.82 Å². The largest absolute Gasteiger partial charge is 0.373 e. The van der Waals surface area contributed by atoms with Crippen LogP contribution in [0.4, 0.5) is 4.39 Å². The van der Waals surface area contributed by atoms with Crippen LogP contribution in [-0.4, -0.2) is 6.10 Å². The van der Waals surface area contributed by atoms with E-state index in [1.807, 2.05) is 6.07 Å². The van der Waals surface area contributed by atoms with Gasteiger partial charge in [0.1, 0.15) is 5.82 Å². The van der Waals surface area contributed by atoms with Gasteiger partial charge in [0, 0.05) is 5.56 Å². The van der Waals surface area contributed by atoms with Gasteiger partial charge in [-0.1, -0.05) is 6.07 Å². The van der Waals surface area contributed by atoms with Crippen molar-refractivity contribution >= 4 is 0 Å². The molecule has 1 aromatic rings. The zero-order valence-corrected chi connectivity index (χ0v) is 8.37. The molecule has 0 radical (unpaired) electrons. The van der Waals surface area contributed by atoms with E-state index >= 15 is 0 Å². The van der Waals surface area contributed by atoms with Gasteiger partial charge in [0.25, 0.3) is 0 Å². The van der Waals surface area contributed by atoms with Gasteiger partial charge in [-0.2, -0.15) is 5.26 Å². The minimum absolute atomic E-state index is 0.306. The van der Waals surface area contributed by atoms with Crippen LogP contribution in [0.2, 0.25) is 0 Å². The van der Waals surface area contributed by atoms with Gasteiger partial charge in [-0.3, -0.25) is 0 Å². The van der Waals surface area contributed by atoms with E-state index in [0.717, 1.165) is 12.8 Å². The molecule has 78 valence electrons. The summed E-state index contributed by atoms with van der Waals surface area (Å²) in [6, 6.07) is 6.38. The van der Waals surface area contributed by atoms with Crippen LogP contribution in [0.15, 0.2) is 18.2 Å². The van der Waals surface area contributed by atoms with Crippen molar-refractivity contribution < 1.29 is 9.13 Å². The first kappa shape index (κ1) is 10.1. The SMILES string of the molecule is N#Cc1ccc(COC2CCC2)c(F)c1. The molecule has 2 nitrogen and oxygen atoms in total. The van der Waals surface area contributed by atoms with E-state index in [4.69, 9.17) is 10.00 Å². The van der Waals surface area contributed by atoms with Crippen LogP contribution in [0.1, 0.15) is 30.4 Å². The van der Waals surface area contributed by atoms with Crippen molar-refractivity contribution in [3.63, 3.8) is 0 Å². The summed E-state index contributed by atoms with van der Waals surface area (Å²) in [5, 5.41) is 8.57. The molecule has 1 aliphatic rings. The molecule has 0 amide bonds. The number of hydrogen-bond donors (Lipinski definition) is 0. The molecule has 0 N–H and O–H groups in total. The molecule has 1 saturated carbocycles. The Hall–Kier alpha value is -1.40. The quantitative estimate of drug-likeness (QED) is 0.760. The zero-order chi connectivity index (χ0) is 10.7. The lowest BCUT2D eigenvalue weighted by Crippen LogP contribution is -2.21. The van der Waals surface area contributed by atoms with Gasteiger partial charge in [-0.05, 0) is 31.4 Å². The monoisotopic (exact) mass is 205 g/mol. The molecule has 1 aromatic carbocycles. The van der Waals surface area contributed by atoms with Crippen molar-refractivity contribution in [1.29, 1.82) is 5.26 Å².